The molecule has 4 rings (SSSR count). The summed E-state index contributed by atoms with van der Waals surface area (Å²) >= 11 is 5.99. The molecule has 0 aliphatic heterocycles. The molecule has 1 unspecified atom stereocenters. The second-order valence-electron chi connectivity index (χ2n) is 9.15. The van der Waals surface area contributed by atoms with Crippen molar-refractivity contribution in [3.8, 4) is 0 Å². The van der Waals surface area contributed by atoms with E-state index < -0.39 is 6.04 Å². The number of rotatable bonds is 8. The highest BCUT2D eigenvalue weighted by Crippen LogP contribution is 2.21. The molecule has 4 aromatic rings. The number of nitrogens with one attached hydrogen (secondary N) is 2. The molecule has 0 aliphatic carbocycles. The van der Waals surface area contributed by atoms with Gasteiger partial charge in [-0.2, -0.15) is 5.10 Å². The Morgan fingerprint density at radius 3 is 2.50 bits per heavy atom. The van der Waals surface area contributed by atoms with E-state index >= 15 is 0 Å². The van der Waals surface area contributed by atoms with Crippen LogP contribution in [0, 0.1) is 12.8 Å². The van der Waals surface area contributed by atoms with Crippen LogP contribution in [0.25, 0.3) is 10.9 Å². The molecule has 1 atom stereocenters. The van der Waals surface area contributed by atoms with E-state index in [4.69, 9.17) is 11.6 Å². The van der Waals surface area contributed by atoms with Crippen LogP contribution in [0.1, 0.15) is 40.9 Å². The van der Waals surface area contributed by atoms with Crippen LogP contribution in [0.5, 0.6) is 0 Å². The van der Waals surface area contributed by atoms with Crippen molar-refractivity contribution in [2.45, 2.75) is 33.4 Å². The van der Waals surface area contributed by atoms with Crippen molar-refractivity contribution >= 4 is 40.5 Å². The molecule has 2 N–H and O–H groups in total. The van der Waals surface area contributed by atoms with Gasteiger partial charge in [0, 0.05) is 39.8 Å². The Morgan fingerprint density at radius 2 is 1.78 bits per heavy atom. The molecule has 0 fully saturated rings. The van der Waals surface area contributed by atoms with E-state index in [1.165, 1.54) is 11.1 Å². The summed E-state index contributed by atoms with van der Waals surface area (Å²) in [5, 5.41) is 8.49. The zero-order valence-corrected chi connectivity index (χ0v) is 21.3. The van der Waals surface area contributed by atoms with Crippen LogP contribution in [0.2, 0.25) is 5.02 Å². The number of aromatic nitrogens is 1. The molecule has 0 aliphatic rings. The number of carbonyl (C=O) groups is 2. The van der Waals surface area contributed by atoms with Gasteiger partial charge >= 0.3 is 0 Å². The summed E-state index contributed by atoms with van der Waals surface area (Å²) in [5.41, 5.74) is 7.39. The number of aryl methyl sites for hydroxylation is 1. The Labute approximate surface area is 216 Å². The van der Waals surface area contributed by atoms with E-state index in [0.717, 1.165) is 23.0 Å². The fourth-order valence-corrected chi connectivity index (χ4v) is 4.21. The summed E-state index contributed by atoms with van der Waals surface area (Å²) in [6.45, 7) is 6.53. The highest BCUT2D eigenvalue weighted by atomic mass is 35.5. The Kier molecular flexibility index (Phi) is 7.86. The van der Waals surface area contributed by atoms with Gasteiger partial charge in [0.25, 0.3) is 11.8 Å². The van der Waals surface area contributed by atoms with Crippen molar-refractivity contribution in [2.75, 3.05) is 0 Å². The molecule has 3 aromatic carbocycles. The molecule has 0 saturated heterocycles. The second kappa shape index (κ2) is 11.2. The van der Waals surface area contributed by atoms with Crippen molar-refractivity contribution in [1.82, 2.24) is 15.3 Å². The predicted octanol–water partition coefficient (Wildman–Crippen LogP) is 5.56. The Morgan fingerprint density at radius 1 is 1.03 bits per heavy atom. The predicted molar refractivity (Wildman–Crippen MR) is 145 cm³/mol. The Bertz CT molecular complexity index is 1410. The van der Waals surface area contributed by atoms with Crippen LogP contribution < -0.4 is 10.7 Å². The monoisotopic (exact) mass is 500 g/mol. The van der Waals surface area contributed by atoms with Gasteiger partial charge in [-0.25, -0.2) is 5.43 Å². The van der Waals surface area contributed by atoms with Crippen LogP contribution >= 0.6 is 11.6 Å². The number of nitrogens with zero attached hydrogens (tertiary/aromatic N) is 2. The standard InChI is InChI=1S/C29H29ClN4O2/c1-19(2)27(32-28(35)22-7-6-8-24(30)15-22)29(36)33-31-16-23-18-34(26-10-5-4-9-25(23)26)17-21-13-11-20(3)12-14-21/h4-16,18-19,27H,17H2,1-3H3,(H,32,35)(H,33,36). The summed E-state index contributed by atoms with van der Waals surface area (Å²) in [6, 6.07) is 22.4. The molecule has 6 nitrogen and oxygen atoms in total. The van der Waals surface area contributed by atoms with Gasteiger partial charge in [-0.05, 0) is 42.7 Å². The number of para-hydroxylation sites is 1. The fraction of sp³-hybridized carbons (Fsp3) is 0.207. The Balaban J connectivity index is 1.48. The molecule has 7 heteroatoms. The second-order valence-corrected chi connectivity index (χ2v) is 9.59. The van der Waals surface area contributed by atoms with Crippen molar-refractivity contribution in [3.63, 3.8) is 0 Å². The van der Waals surface area contributed by atoms with Gasteiger partial charge < -0.3 is 9.88 Å². The van der Waals surface area contributed by atoms with Gasteiger partial charge in [-0.1, -0.05) is 79.5 Å². The lowest BCUT2D eigenvalue weighted by Gasteiger charge is -2.20. The van der Waals surface area contributed by atoms with E-state index in [0.29, 0.717) is 10.6 Å². The lowest BCUT2D eigenvalue weighted by Crippen LogP contribution is -2.48. The normalized spacial score (nSPS) is 12.2. The number of benzene rings is 3. The number of amides is 2. The molecule has 36 heavy (non-hydrogen) atoms. The molecule has 1 aromatic heterocycles. The van der Waals surface area contributed by atoms with E-state index in [1.807, 2.05) is 38.2 Å². The molecule has 0 spiro atoms. The molecule has 0 bridgehead atoms. The lowest BCUT2D eigenvalue weighted by atomic mass is 10.0. The lowest BCUT2D eigenvalue weighted by molar-refractivity contribution is -0.123. The molecule has 184 valence electrons. The number of hydrazone groups is 1. The minimum absolute atomic E-state index is 0.139. The molecular weight excluding hydrogens is 472 g/mol. The molecule has 0 radical (unpaired) electrons. The van der Waals surface area contributed by atoms with Crippen LogP contribution in [0.4, 0.5) is 0 Å². The zero-order chi connectivity index (χ0) is 25.7. The third-order valence-electron chi connectivity index (χ3n) is 5.99. The average Bonchev–Trinajstić information content (AvgIpc) is 3.20. The maximum atomic E-state index is 12.9. The zero-order valence-electron chi connectivity index (χ0n) is 20.5. The SMILES string of the molecule is Cc1ccc(Cn2cc(C=NNC(=O)C(NC(=O)c3cccc(Cl)c3)C(C)C)c3ccccc32)cc1. The molecule has 0 saturated carbocycles. The largest absolute Gasteiger partial charge is 0.342 e. The topological polar surface area (TPSA) is 75.5 Å². The first-order valence-corrected chi connectivity index (χ1v) is 12.2. The van der Waals surface area contributed by atoms with Crippen LogP contribution in [-0.4, -0.2) is 28.6 Å². The number of halogens is 1. The number of fused-ring (bicyclic) bond motifs is 1. The van der Waals surface area contributed by atoms with Gasteiger partial charge in [0.05, 0.1) is 6.21 Å². The van der Waals surface area contributed by atoms with Crippen LogP contribution in [0.3, 0.4) is 0 Å². The third-order valence-corrected chi connectivity index (χ3v) is 6.23. The van der Waals surface area contributed by atoms with Crippen molar-refractivity contribution in [2.24, 2.45) is 11.0 Å². The van der Waals surface area contributed by atoms with Gasteiger partial charge in [0.2, 0.25) is 0 Å². The van der Waals surface area contributed by atoms with E-state index in [2.05, 4.69) is 57.7 Å². The molecule has 2 amide bonds. The van der Waals surface area contributed by atoms with E-state index in [9.17, 15) is 9.59 Å². The van der Waals surface area contributed by atoms with Gasteiger partial charge in [0.1, 0.15) is 6.04 Å². The highest BCUT2D eigenvalue weighted by molar-refractivity contribution is 6.31. The first-order valence-electron chi connectivity index (χ1n) is 11.8. The van der Waals surface area contributed by atoms with E-state index in [-0.39, 0.29) is 17.7 Å². The van der Waals surface area contributed by atoms with E-state index in [1.54, 1.807) is 30.5 Å². The summed E-state index contributed by atoms with van der Waals surface area (Å²) in [5.74, 6) is -0.894. The molecular formula is C29H29ClN4O2. The van der Waals surface area contributed by atoms with Gasteiger partial charge in [-0.3, -0.25) is 9.59 Å². The maximum absolute atomic E-state index is 12.9. The fourth-order valence-electron chi connectivity index (χ4n) is 4.02. The quantitative estimate of drug-likeness (QED) is 0.245. The number of hydrogen-bond donors (Lipinski definition) is 2. The van der Waals surface area contributed by atoms with Crippen molar-refractivity contribution in [1.29, 1.82) is 0 Å². The molecule has 1 heterocycles. The van der Waals surface area contributed by atoms with Crippen LogP contribution in [-0.2, 0) is 11.3 Å². The van der Waals surface area contributed by atoms with Gasteiger partial charge in [0.15, 0.2) is 0 Å². The van der Waals surface area contributed by atoms with Crippen molar-refractivity contribution in [3.05, 3.63) is 106 Å². The summed E-state index contributed by atoms with van der Waals surface area (Å²) in [7, 11) is 0. The van der Waals surface area contributed by atoms with Gasteiger partial charge in [-0.15, -0.1) is 0 Å². The summed E-state index contributed by atoms with van der Waals surface area (Å²) < 4.78 is 2.17. The minimum atomic E-state index is -0.753. The maximum Gasteiger partial charge on any atom is 0.262 e. The third kappa shape index (κ3) is 6.01. The minimum Gasteiger partial charge on any atom is -0.342 e. The smallest absolute Gasteiger partial charge is 0.262 e. The van der Waals surface area contributed by atoms with Crippen LogP contribution in [0.15, 0.2) is 84.1 Å². The first-order chi connectivity index (χ1) is 17.3. The van der Waals surface area contributed by atoms with Crippen molar-refractivity contribution < 1.29 is 9.59 Å². The number of hydrogen-bond acceptors (Lipinski definition) is 3. The highest BCUT2D eigenvalue weighted by Gasteiger charge is 2.24. The average molecular weight is 501 g/mol. The number of carbonyl (C=O) groups excluding carboxylic acids is 2. The summed E-state index contributed by atoms with van der Waals surface area (Å²) in [4.78, 5) is 25.5. The Hall–Kier alpha value is -3.90. The summed E-state index contributed by atoms with van der Waals surface area (Å²) in [6.07, 6.45) is 3.67. The first kappa shape index (κ1) is 25.2.